The van der Waals surface area contributed by atoms with Gasteiger partial charge >= 0.3 is 0 Å². The molecule has 0 spiro atoms. The van der Waals surface area contributed by atoms with Crippen LogP contribution >= 0.6 is 0 Å². The Balaban J connectivity index is 2.19. The molecule has 0 saturated heterocycles. The molecule has 0 atom stereocenters. The van der Waals surface area contributed by atoms with E-state index < -0.39 is 0 Å². The first-order valence-corrected chi connectivity index (χ1v) is 7.11. The third-order valence-electron chi connectivity index (χ3n) is 3.62. The monoisotopic (exact) mass is 265 g/mol. The molecule has 0 bridgehead atoms. The molecule has 3 aromatic rings. The van der Waals surface area contributed by atoms with E-state index in [0.29, 0.717) is 6.54 Å². The molecule has 0 aliphatic rings. The van der Waals surface area contributed by atoms with Crippen LogP contribution in [0.3, 0.4) is 0 Å². The van der Waals surface area contributed by atoms with Gasteiger partial charge < -0.3 is 10.2 Å². The summed E-state index contributed by atoms with van der Waals surface area (Å²) in [6.45, 7) is 2.76. The lowest BCUT2D eigenvalue weighted by molar-refractivity contribution is 0.616. The Morgan fingerprint density at radius 3 is 2.75 bits per heavy atom. The Bertz CT molecular complexity index is 727. The minimum Gasteiger partial charge on any atom is -0.464 e. The van der Waals surface area contributed by atoms with Crippen LogP contribution in [0.4, 0.5) is 0 Å². The highest BCUT2D eigenvalue weighted by Gasteiger charge is 2.09. The number of hydrogen-bond acceptors (Lipinski definition) is 2. The first kappa shape index (κ1) is 12.9. The first-order valence-electron chi connectivity index (χ1n) is 7.11. The Morgan fingerprint density at radius 2 is 1.95 bits per heavy atom. The van der Waals surface area contributed by atoms with Crippen molar-refractivity contribution in [1.29, 1.82) is 0 Å². The van der Waals surface area contributed by atoms with Crippen LogP contribution in [0.25, 0.3) is 22.1 Å². The molecule has 2 N–H and O–H groups in total. The minimum atomic E-state index is 0.559. The lowest BCUT2D eigenvalue weighted by Crippen LogP contribution is -1.96. The lowest BCUT2D eigenvalue weighted by atomic mass is 9.97. The molecular weight excluding hydrogens is 246 g/mol. The Kier molecular flexibility index (Phi) is 3.57. The Morgan fingerprint density at radius 1 is 1.05 bits per heavy atom. The van der Waals surface area contributed by atoms with Crippen LogP contribution in [0.5, 0.6) is 0 Å². The normalized spacial score (nSPS) is 11.1. The second-order valence-electron chi connectivity index (χ2n) is 5.14. The zero-order valence-corrected chi connectivity index (χ0v) is 11.7. The zero-order chi connectivity index (χ0) is 13.9. The van der Waals surface area contributed by atoms with Gasteiger partial charge in [0.2, 0.25) is 0 Å². The van der Waals surface area contributed by atoms with Crippen molar-refractivity contribution in [2.75, 3.05) is 0 Å². The van der Waals surface area contributed by atoms with Crippen molar-refractivity contribution in [3.63, 3.8) is 0 Å². The van der Waals surface area contributed by atoms with E-state index in [-0.39, 0.29) is 0 Å². The number of benzene rings is 2. The summed E-state index contributed by atoms with van der Waals surface area (Å²) in [4.78, 5) is 0. The summed E-state index contributed by atoms with van der Waals surface area (Å²) in [5.74, 6) is 0. The summed E-state index contributed by atoms with van der Waals surface area (Å²) in [6, 6.07) is 14.9. The fourth-order valence-electron chi connectivity index (χ4n) is 2.66. The van der Waals surface area contributed by atoms with Crippen molar-refractivity contribution < 1.29 is 4.42 Å². The van der Waals surface area contributed by atoms with Crippen LogP contribution < -0.4 is 5.73 Å². The Hall–Kier alpha value is -2.06. The van der Waals surface area contributed by atoms with Crippen molar-refractivity contribution in [2.45, 2.75) is 26.3 Å². The van der Waals surface area contributed by atoms with Gasteiger partial charge in [0.05, 0.1) is 6.26 Å². The summed E-state index contributed by atoms with van der Waals surface area (Å²) < 4.78 is 5.68. The summed E-state index contributed by atoms with van der Waals surface area (Å²) >= 11 is 0. The van der Waals surface area contributed by atoms with E-state index in [1.807, 2.05) is 6.07 Å². The van der Waals surface area contributed by atoms with Crippen LogP contribution in [0.2, 0.25) is 0 Å². The van der Waals surface area contributed by atoms with Crippen molar-refractivity contribution in [1.82, 2.24) is 0 Å². The van der Waals surface area contributed by atoms with E-state index in [4.69, 9.17) is 10.2 Å². The molecule has 1 aromatic heterocycles. The van der Waals surface area contributed by atoms with E-state index in [1.165, 1.54) is 16.5 Å². The largest absolute Gasteiger partial charge is 0.464 e. The van der Waals surface area contributed by atoms with Crippen LogP contribution in [0.15, 0.2) is 53.1 Å². The summed E-state index contributed by atoms with van der Waals surface area (Å²) in [7, 11) is 0. The third kappa shape index (κ3) is 2.35. The van der Waals surface area contributed by atoms with Gasteiger partial charge in [0.25, 0.3) is 0 Å². The topological polar surface area (TPSA) is 39.2 Å². The van der Waals surface area contributed by atoms with Crippen LogP contribution in [-0.4, -0.2) is 0 Å². The highest BCUT2D eigenvalue weighted by Crippen LogP contribution is 2.31. The molecule has 0 aliphatic heterocycles. The number of fused-ring (bicyclic) bond motifs is 1. The molecule has 0 amide bonds. The van der Waals surface area contributed by atoms with Gasteiger partial charge in [-0.1, -0.05) is 31.5 Å². The molecular formula is C18H19NO. The van der Waals surface area contributed by atoms with Gasteiger partial charge in [-0.25, -0.2) is 0 Å². The second kappa shape index (κ2) is 5.51. The van der Waals surface area contributed by atoms with Gasteiger partial charge in [0.15, 0.2) is 0 Å². The van der Waals surface area contributed by atoms with Crippen LogP contribution in [-0.2, 0) is 13.0 Å². The number of rotatable bonds is 4. The lowest BCUT2D eigenvalue weighted by Gasteiger charge is -2.08. The number of nitrogens with two attached hydrogens (primary N) is 1. The average molecular weight is 265 g/mol. The van der Waals surface area contributed by atoms with E-state index in [2.05, 4.69) is 43.3 Å². The van der Waals surface area contributed by atoms with Gasteiger partial charge in [-0.3, -0.25) is 0 Å². The third-order valence-corrected chi connectivity index (χ3v) is 3.62. The van der Waals surface area contributed by atoms with E-state index >= 15 is 0 Å². The van der Waals surface area contributed by atoms with Crippen LogP contribution in [0.1, 0.15) is 24.5 Å². The molecule has 2 aromatic carbocycles. The molecule has 0 radical (unpaired) electrons. The zero-order valence-electron chi connectivity index (χ0n) is 11.7. The molecule has 0 unspecified atom stereocenters. The molecule has 102 valence electrons. The standard InChI is InChI=1S/C18H19NO/c1-2-4-13-9-16-7-8-20-18(16)17(11-13)15-6-3-5-14(10-15)12-19/h3,5-11H,2,4,12,19H2,1H3. The van der Waals surface area contributed by atoms with Gasteiger partial charge in [-0.2, -0.15) is 0 Å². The van der Waals surface area contributed by atoms with Crippen molar-refractivity contribution in [2.24, 2.45) is 5.73 Å². The van der Waals surface area contributed by atoms with Gasteiger partial charge in [0.1, 0.15) is 5.58 Å². The predicted octanol–water partition coefficient (Wildman–Crippen LogP) is 4.51. The maximum absolute atomic E-state index is 5.74. The quantitative estimate of drug-likeness (QED) is 0.753. The number of hydrogen-bond donors (Lipinski definition) is 1. The number of aryl methyl sites for hydroxylation is 1. The smallest absolute Gasteiger partial charge is 0.141 e. The van der Waals surface area contributed by atoms with Crippen molar-refractivity contribution in [3.8, 4) is 11.1 Å². The molecule has 0 saturated carbocycles. The highest BCUT2D eigenvalue weighted by atomic mass is 16.3. The SMILES string of the molecule is CCCc1cc(-c2cccc(CN)c2)c2occc2c1. The van der Waals surface area contributed by atoms with Gasteiger partial charge in [-0.15, -0.1) is 0 Å². The fourth-order valence-corrected chi connectivity index (χ4v) is 2.66. The molecule has 20 heavy (non-hydrogen) atoms. The molecule has 1 heterocycles. The second-order valence-corrected chi connectivity index (χ2v) is 5.14. The van der Waals surface area contributed by atoms with Crippen molar-refractivity contribution >= 4 is 11.0 Å². The van der Waals surface area contributed by atoms with E-state index in [0.717, 1.165) is 29.6 Å². The highest BCUT2D eigenvalue weighted by molar-refractivity contribution is 5.93. The number of furan rings is 1. The van der Waals surface area contributed by atoms with Gasteiger partial charge in [0, 0.05) is 17.5 Å². The van der Waals surface area contributed by atoms with Crippen molar-refractivity contribution in [3.05, 3.63) is 59.9 Å². The first-order chi connectivity index (χ1) is 9.81. The van der Waals surface area contributed by atoms with E-state index in [9.17, 15) is 0 Å². The summed E-state index contributed by atoms with van der Waals surface area (Å²) in [5, 5.41) is 1.17. The molecule has 2 nitrogen and oxygen atoms in total. The minimum absolute atomic E-state index is 0.559. The van der Waals surface area contributed by atoms with E-state index in [1.54, 1.807) is 6.26 Å². The average Bonchev–Trinajstić information content (AvgIpc) is 2.95. The molecule has 0 fully saturated rings. The molecule has 3 rings (SSSR count). The van der Waals surface area contributed by atoms with Crippen LogP contribution in [0, 0.1) is 0 Å². The predicted molar refractivity (Wildman–Crippen MR) is 83.5 cm³/mol. The summed E-state index contributed by atoms with van der Waals surface area (Å²) in [5.41, 5.74) is 11.5. The molecule has 2 heteroatoms. The summed E-state index contributed by atoms with van der Waals surface area (Å²) in [6.07, 6.45) is 3.99. The Labute approximate surface area is 119 Å². The maximum atomic E-state index is 5.74. The van der Waals surface area contributed by atoms with Gasteiger partial charge in [-0.05, 0) is 47.4 Å². The maximum Gasteiger partial charge on any atom is 0.141 e. The molecule has 0 aliphatic carbocycles. The fraction of sp³-hybridized carbons (Fsp3) is 0.222.